The van der Waals surface area contributed by atoms with Gasteiger partial charge in [-0.15, -0.1) is 0 Å². The van der Waals surface area contributed by atoms with Crippen LogP contribution in [0, 0.1) is 0 Å². The fourth-order valence-corrected chi connectivity index (χ4v) is 4.28. The van der Waals surface area contributed by atoms with E-state index in [0.29, 0.717) is 48.6 Å². The average molecular weight is 555 g/mol. The highest BCUT2D eigenvalue weighted by molar-refractivity contribution is 9.10. The number of carbonyl (C=O) groups is 1. The molecule has 0 bridgehead atoms. The number of aromatic amines is 1. The van der Waals surface area contributed by atoms with Crippen LogP contribution in [0.1, 0.15) is 26.7 Å². The number of aromatic hydroxyl groups is 1. The maximum absolute atomic E-state index is 13.0. The first-order valence-corrected chi connectivity index (χ1v) is 12.5. The van der Waals surface area contributed by atoms with Crippen molar-refractivity contribution in [2.75, 3.05) is 11.9 Å². The largest absolute Gasteiger partial charge is 0.504 e. The zero-order valence-electron chi connectivity index (χ0n) is 20.0. The summed E-state index contributed by atoms with van der Waals surface area (Å²) >= 11 is 3.35. The number of anilines is 1. The Balaban J connectivity index is 1.57. The molecule has 1 amide bonds. The van der Waals surface area contributed by atoms with Crippen LogP contribution in [-0.4, -0.2) is 31.7 Å². The zero-order valence-corrected chi connectivity index (χ0v) is 21.6. The van der Waals surface area contributed by atoms with E-state index in [1.165, 1.54) is 9.13 Å². The molecule has 0 atom stereocenters. The van der Waals surface area contributed by atoms with Gasteiger partial charge in [-0.05, 0) is 61.4 Å². The lowest BCUT2D eigenvalue weighted by Crippen LogP contribution is -2.40. The number of aromatic nitrogens is 3. The Morgan fingerprint density at radius 2 is 1.64 bits per heavy atom. The minimum atomic E-state index is -0.456. The summed E-state index contributed by atoms with van der Waals surface area (Å²) in [6, 6.07) is 14.0. The number of ether oxygens (including phenoxy) is 1. The van der Waals surface area contributed by atoms with Gasteiger partial charge in [0.1, 0.15) is 16.8 Å². The molecule has 9 nitrogen and oxygen atoms in total. The molecule has 0 spiro atoms. The second kappa shape index (κ2) is 10.9. The number of benzene rings is 2. The lowest BCUT2D eigenvalue weighted by atomic mass is 10.1. The number of hydrogen-bond donors (Lipinski definition) is 3. The van der Waals surface area contributed by atoms with Crippen molar-refractivity contribution >= 4 is 38.6 Å². The van der Waals surface area contributed by atoms with Gasteiger partial charge in [-0.25, -0.2) is 4.79 Å². The number of rotatable bonds is 9. The Morgan fingerprint density at radius 3 is 2.28 bits per heavy atom. The van der Waals surface area contributed by atoms with Crippen LogP contribution >= 0.6 is 15.9 Å². The van der Waals surface area contributed by atoms with Crippen LogP contribution in [0.5, 0.6) is 11.5 Å². The van der Waals surface area contributed by atoms with E-state index in [9.17, 15) is 19.5 Å². The monoisotopic (exact) mass is 554 g/mol. The molecule has 0 saturated carbocycles. The standard InChI is InChI=1S/C26H27BrN4O5/c1-3-13-30-23-22(25(34)31(14-4-2)26(30)35)29-21(24(23)33)16-5-11-19(12-6-16)36-15-20(32)28-18-9-7-17(27)8-10-18/h5-12,29,33H,3-4,13-15H2,1-2H3,(H,28,32). The summed E-state index contributed by atoms with van der Waals surface area (Å²) in [6.07, 6.45) is 1.30. The van der Waals surface area contributed by atoms with Crippen molar-refractivity contribution in [3.05, 3.63) is 73.8 Å². The highest BCUT2D eigenvalue weighted by atomic mass is 79.9. The normalized spacial score (nSPS) is 11.1. The molecule has 0 unspecified atom stereocenters. The minimum Gasteiger partial charge on any atom is -0.504 e. The molecule has 3 N–H and O–H groups in total. The number of H-pyrrole nitrogens is 1. The van der Waals surface area contributed by atoms with Gasteiger partial charge in [0, 0.05) is 28.8 Å². The number of amides is 1. The van der Waals surface area contributed by atoms with Gasteiger partial charge in [-0.1, -0.05) is 29.8 Å². The first-order chi connectivity index (χ1) is 17.3. The third kappa shape index (κ3) is 5.08. The molecule has 2 aromatic heterocycles. The number of nitrogens with zero attached hydrogens (tertiary/aromatic N) is 2. The number of hydrogen-bond acceptors (Lipinski definition) is 5. The molecule has 0 aliphatic carbocycles. The van der Waals surface area contributed by atoms with Gasteiger partial charge < -0.3 is 20.1 Å². The molecule has 0 aliphatic heterocycles. The summed E-state index contributed by atoms with van der Waals surface area (Å²) in [7, 11) is 0. The highest BCUT2D eigenvalue weighted by Gasteiger charge is 2.21. The van der Waals surface area contributed by atoms with E-state index < -0.39 is 11.2 Å². The molecule has 4 aromatic rings. The third-order valence-corrected chi connectivity index (χ3v) is 6.20. The fourth-order valence-electron chi connectivity index (χ4n) is 4.02. The summed E-state index contributed by atoms with van der Waals surface area (Å²) < 4.78 is 9.14. The van der Waals surface area contributed by atoms with Crippen LogP contribution < -0.4 is 21.3 Å². The summed E-state index contributed by atoms with van der Waals surface area (Å²) in [4.78, 5) is 41.1. The third-order valence-electron chi connectivity index (χ3n) is 5.67. The molecular weight excluding hydrogens is 528 g/mol. The molecular formula is C26H27BrN4O5. The van der Waals surface area contributed by atoms with E-state index in [1.807, 2.05) is 26.0 Å². The van der Waals surface area contributed by atoms with Gasteiger partial charge in [0.25, 0.3) is 11.5 Å². The molecule has 0 fully saturated rings. The number of nitrogens with one attached hydrogen (secondary N) is 2. The second-order valence-corrected chi connectivity index (χ2v) is 9.25. The molecule has 0 aliphatic rings. The molecule has 10 heteroatoms. The van der Waals surface area contributed by atoms with E-state index in [2.05, 4.69) is 26.2 Å². The highest BCUT2D eigenvalue weighted by Crippen LogP contribution is 2.35. The van der Waals surface area contributed by atoms with Gasteiger partial charge in [-0.2, -0.15) is 0 Å². The number of aryl methyl sites for hydroxylation is 1. The number of fused-ring (bicyclic) bond motifs is 1. The van der Waals surface area contributed by atoms with E-state index >= 15 is 0 Å². The molecule has 2 aromatic carbocycles. The maximum Gasteiger partial charge on any atom is 0.331 e. The summed E-state index contributed by atoms with van der Waals surface area (Å²) in [5.74, 6) is 0.0132. The van der Waals surface area contributed by atoms with Crippen molar-refractivity contribution in [2.45, 2.75) is 39.8 Å². The van der Waals surface area contributed by atoms with Crippen LogP contribution in [0.25, 0.3) is 22.3 Å². The molecule has 36 heavy (non-hydrogen) atoms. The number of carbonyl (C=O) groups excluding carboxylic acids is 1. The van der Waals surface area contributed by atoms with Gasteiger partial charge in [-0.3, -0.25) is 18.7 Å². The van der Waals surface area contributed by atoms with E-state index in [1.54, 1.807) is 36.4 Å². The Labute approximate surface area is 215 Å². The lowest BCUT2D eigenvalue weighted by Gasteiger charge is -2.10. The van der Waals surface area contributed by atoms with Crippen molar-refractivity contribution < 1.29 is 14.6 Å². The predicted octanol–water partition coefficient (Wildman–Crippen LogP) is 4.46. The predicted molar refractivity (Wildman–Crippen MR) is 143 cm³/mol. The quantitative estimate of drug-likeness (QED) is 0.282. The molecule has 2 heterocycles. The zero-order chi connectivity index (χ0) is 25.8. The minimum absolute atomic E-state index is 0.154. The SMILES string of the molecule is CCCn1c(=O)c2[nH]c(-c3ccc(OCC(=O)Nc4ccc(Br)cc4)cc3)c(O)c2n(CCC)c1=O. The first-order valence-electron chi connectivity index (χ1n) is 11.7. The van der Waals surface area contributed by atoms with E-state index in [-0.39, 0.29) is 29.3 Å². The van der Waals surface area contributed by atoms with Gasteiger partial charge in [0.15, 0.2) is 12.4 Å². The van der Waals surface area contributed by atoms with Crippen LogP contribution in [0.15, 0.2) is 62.6 Å². The van der Waals surface area contributed by atoms with Crippen molar-refractivity contribution in [1.82, 2.24) is 14.1 Å². The summed E-state index contributed by atoms with van der Waals surface area (Å²) in [6.45, 7) is 4.32. The van der Waals surface area contributed by atoms with Crippen LogP contribution in [-0.2, 0) is 17.9 Å². The Hall–Kier alpha value is -3.79. The van der Waals surface area contributed by atoms with Crippen molar-refractivity contribution in [3.8, 4) is 22.8 Å². The van der Waals surface area contributed by atoms with E-state index in [0.717, 1.165) is 4.47 Å². The van der Waals surface area contributed by atoms with Crippen molar-refractivity contribution in [3.63, 3.8) is 0 Å². The Bertz CT molecular complexity index is 1500. The van der Waals surface area contributed by atoms with Crippen molar-refractivity contribution in [2.24, 2.45) is 0 Å². The molecule has 0 radical (unpaired) electrons. The van der Waals surface area contributed by atoms with Gasteiger partial charge in [0.2, 0.25) is 0 Å². The van der Waals surface area contributed by atoms with Gasteiger partial charge >= 0.3 is 5.69 Å². The number of halogens is 1. The van der Waals surface area contributed by atoms with Crippen LogP contribution in [0.4, 0.5) is 5.69 Å². The Morgan fingerprint density at radius 1 is 1.00 bits per heavy atom. The smallest absolute Gasteiger partial charge is 0.331 e. The summed E-state index contributed by atoms with van der Waals surface area (Å²) in [5.41, 5.74) is 1.11. The second-order valence-electron chi connectivity index (χ2n) is 8.33. The summed E-state index contributed by atoms with van der Waals surface area (Å²) in [5, 5.41) is 13.8. The molecule has 0 saturated heterocycles. The average Bonchev–Trinajstić information content (AvgIpc) is 3.22. The van der Waals surface area contributed by atoms with E-state index in [4.69, 9.17) is 4.74 Å². The Kier molecular flexibility index (Phi) is 7.64. The maximum atomic E-state index is 13.0. The van der Waals surface area contributed by atoms with Crippen LogP contribution in [0.2, 0.25) is 0 Å². The fraction of sp³-hybridized carbons (Fsp3) is 0.269. The topological polar surface area (TPSA) is 118 Å². The molecule has 4 rings (SSSR count). The first kappa shape index (κ1) is 25.3. The molecule has 188 valence electrons. The lowest BCUT2D eigenvalue weighted by molar-refractivity contribution is -0.118. The van der Waals surface area contributed by atoms with Crippen molar-refractivity contribution in [1.29, 1.82) is 0 Å². The van der Waals surface area contributed by atoms with Crippen LogP contribution in [0.3, 0.4) is 0 Å². The van der Waals surface area contributed by atoms with Gasteiger partial charge in [0.05, 0.1) is 5.69 Å².